The van der Waals surface area contributed by atoms with Crippen LogP contribution in [-0.2, 0) is 20.9 Å². The van der Waals surface area contributed by atoms with Gasteiger partial charge in [0.1, 0.15) is 5.82 Å². The highest BCUT2D eigenvalue weighted by atomic mass is 16.5. The number of carbonyl (C=O) groups excluding carboxylic acids is 1. The van der Waals surface area contributed by atoms with Gasteiger partial charge in [-0.2, -0.15) is 4.98 Å². The number of hydrogen-bond acceptors (Lipinski definition) is 7. The molecular weight excluding hydrogens is 1360 g/mol. The lowest BCUT2D eigenvalue weighted by Crippen LogP contribution is -2.73. The van der Waals surface area contributed by atoms with Gasteiger partial charge in [0, 0.05) is 19.2 Å². The Morgan fingerprint density at radius 3 is 1.06 bits per heavy atom. The van der Waals surface area contributed by atoms with Gasteiger partial charge in [-0.25, -0.2) is 4.79 Å². The van der Waals surface area contributed by atoms with Crippen molar-refractivity contribution in [3.05, 3.63) is 22.7 Å². The van der Waals surface area contributed by atoms with Gasteiger partial charge in [-0.3, -0.25) is 14.2 Å². The molecule has 656 valence electrons. The largest absolute Gasteiger partial charge is 0.481 e. The monoisotopic (exact) mass is 1560 g/mol. The first-order chi connectivity index (χ1) is 53.9. The SMILES string of the molecule is CCCCCCCCCOC(=O)CCCCCCCN(CCCC(C(C)CCCCCCCC)C(C(C)CCCCCCCC)(C(C)CCCCCCCC)C(C(C)CCCCCCCC)(C(C)CCCCCCCC)C(C(=O)O)(C(C)CCCCCCCC)C(C)CCCCCCCC)CCCn1ccc(N)nc1=O. The molecule has 8 atom stereocenters. The number of ether oxygens (including phenoxy) is 1. The maximum absolute atomic E-state index is 17.3. The molecule has 0 aliphatic rings. The lowest BCUT2D eigenvalue weighted by Gasteiger charge is -2.74. The quantitative estimate of drug-likeness (QED) is 0.0488. The fourth-order valence-electron chi connectivity index (χ4n) is 22.4. The van der Waals surface area contributed by atoms with Crippen molar-refractivity contribution < 1.29 is 19.4 Å². The first-order valence-corrected chi connectivity index (χ1v) is 50.4. The van der Waals surface area contributed by atoms with Gasteiger partial charge in [0.25, 0.3) is 0 Å². The van der Waals surface area contributed by atoms with Crippen molar-refractivity contribution in [2.75, 3.05) is 32.0 Å². The summed E-state index contributed by atoms with van der Waals surface area (Å²) in [6.07, 6.45) is 79.9. The molecule has 3 N–H and O–H groups in total. The smallest absolute Gasteiger partial charge is 0.349 e. The number of carboxylic acid groups (broad SMARTS) is 1. The Bertz CT molecular complexity index is 2230. The molecule has 0 saturated carbocycles. The van der Waals surface area contributed by atoms with Gasteiger partial charge in [0.05, 0.1) is 12.0 Å². The maximum atomic E-state index is 17.3. The molecule has 0 aromatic carbocycles. The number of unbranched alkanes of at least 4 members (excludes halogenated alkanes) is 45. The highest BCUT2D eigenvalue weighted by Gasteiger charge is 2.75. The Balaban J connectivity index is 5.00. The third-order valence-corrected chi connectivity index (χ3v) is 28.4. The molecule has 0 aliphatic carbocycles. The molecule has 0 amide bonds. The van der Waals surface area contributed by atoms with Crippen LogP contribution in [0.2, 0.25) is 0 Å². The Morgan fingerprint density at radius 1 is 0.387 bits per heavy atom. The third kappa shape index (κ3) is 42.2. The number of rotatable bonds is 84. The zero-order chi connectivity index (χ0) is 81.9. The molecule has 9 nitrogen and oxygen atoms in total. The highest BCUT2D eigenvalue weighted by Crippen LogP contribution is 2.77. The molecule has 0 bridgehead atoms. The van der Waals surface area contributed by atoms with Crippen LogP contribution in [-0.4, -0.2) is 57.7 Å². The molecule has 1 rings (SSSR count). The molecule has 1 aromatic rings. The molecule has 9 heteroatoms. The van der Waals surface area contributed by atoms with Crippen LogP contribution in [0.4, 0.5) is 5.82 Å². The minimum Gasteiger partial charge on any atom is -0.481 e. The van der Waals surface area contributed by atoms with E-state index in [2.05, 4.69) is 114 Å². The van der Waals surface area contributed by atoms with E-state index < -0.39 is 16.8 Å². The Kier molecular flexibility index (Phi) is 67.8. The molecule has 1 heterocycles. The predicted octanol–water partition coefficient (Wildman–Crippen LogP) is 32.3. The Labute approximate surface area is 693 Å². The normalized spacial score (nSPS) is 15.9. The minimum atomic E-state index is -0.972. The minimum absolute atomic E-state index is 0.0134. The Hall–Kier alpha value is -2.42. The summed E-state index contributed by atoms with van der Waals surface area (Å²) < 4.78 is 7.49. The average Bonchev–Trinajstić information content (AvgIpc) is 0.667. The van der Waals surface area contributed by atoms with E-state index in [-0.39, 0.29) is 46.6 Å². The van der Waals surface area contributed by atoms with Gasteiger partial charge < -0.3 is 20.5 Å². The second-order valence-electron chi connectivity index (χ2n) is 37.4. The fraction of sp³-hybridized carbons (Fsp3) is 0.941. The van der Waals surface area contributed by atoms with E-state index in [9.17, 15) is 14.7 Å². The predicted molar refractivity (Wildman–Crippen MR) is 488 cm³/mol. The summed E-state index contributed by atoms with van der Waals surface area (Å²) >= 11 is 0. The molecule has 0 saturated heterocycles. The summed E-state index contributed by atoms with van der Waals surface area (Å²) in [5.74, 6) is 1.67. The summed E-state index contributed by atoms with van der Waals surface area (Å²) in [6, 6.07) is 1.77. The summed E-state index contributed by atoms with van der Waals surface area (Å²) in [6.45, 7) is 42.0. The van der Waals surface area contributed by atoms with E-state index in [1.54, 1.807) is 10.6 Å². The van der Waals surface area contributed by atoms with E-state index in [0.717, 1.165) is 122 Å². The van der Waals surface area contributed by atoms with Crippen molar-refractivity contribution in [2.45, 2.75) is 528 Å². The number of aromatic nitrogens is 2. The van der Waals surface area contributed by atoms with Crippen LogP contribution in [0.5, 0.6) is 0 Å². The molecule has 0 spiro atoms. The summed E-state index contributed by atoms with van der Waals surface area (Å²) in [4.78, 5) is 50.5. The van der Waals surface area contributed by atoms with Crippen LogP contribution in [0.25, 0.3) is 0 Å². The van der Waals surface area contributed by atoms with Crippen LogP contribution in [0, 0.1) is 63.6 Å². The third-order valence-electron chi connectivity index (χ3n) is 28.4. The molecule has 1 aromatic heterocycles. The van der Waals surface area contributed by atoms with Crippen molar-refractivity contribution in [3.63, 3.8) is 0 Å². The van der Waals surface area contributed by atoms with Crippen LogP contribution < -0.4 is 11.4 Å². The Morgan fingerprint density at radius 2 is 0.694 bits per heavy atom. The number of aryl methyl sites for hydroxylation is 1. The van der Waals surface area contributed by atoms with Gasteiger partial charge in [0.15, 0.2) is 0 Å². The number of anilines is 1. The van der Waals surface area contributed by atoms with Crippen molar-refractivity contribution in [1.82, 2.24) is 14.5 Å². The van der Waals surface area contributed by atoms with E-state index in [4.69, 9.17) is 10.5 Å². The van der Waals surface area contributed by atoms with E-state index in [0.29, 0.717) is 43.2 Å². The number of nitrogen functional groups attached to an aromatic ring is 1. The molecule has 0 fully saturated rings. The highest BCUT2D eigenvalue weighted by molar-refractivity contribution is 5.77. The molecule has 111 heavy (non-hydrogen) atoms. The first-order valence-electron chi connectivity index (χ1n) is 50.4. The number of nitrogens with zero attached hydrogens (tertiary/aromatic N) is 3. The van der Waals surface area contributed by atoms with Crippen molar-refractivity contribution >= 4 is 17.8 Å². The van der Waals surface area contributed by atoms with Crippen LogP contribution >= 0.6 is 0 Å². The van der Waals surface area contributed by atoms with Gasteiger partial charge in [-0.1, -0.05) is 463 Å². The summed E-state index contributed by atoms with van der Waals surface area (Å²) in [5.41, 5.74) is 4.00. The number of nitrogens with two attached hydrogens (primary N) is 1. The lowest BCUT2D eigenvalue weighted by atomic mass is 9.29. The summed E-state index contributed by atoms with van der Waals surface area (Å²) in [7, 11) is 0. The molecule has 8 unspecified atom stereocenters. The van der Waals surface area contributed by atoms with Crippen LogP contribution in [0.15, 0.2) is 17.1 Å². The number of carboxylic acids is 1. The zero-order valence-corrected chi connectivity index (χ0v) is 77.8. The standard InChI is InChI=1S/C102H198N4O5/c1-16-24-32-40-48-59-69-87-111-97(107)80-67-57-49-58-68-82-105(84-71-85-106-86-81-96(103)104-99(106)110)83-70-79-95(88(9)72-60-50-41-33-25-17-2)100(89(10)73-61-51-42-34-26-18-3,90(11)74-62-52-43-35-27-19-4)102(93(14)77-65-55-46-38-30-22-7,94(15)78-66-56-47-39-31-23-8)101(98(108)109,91(12)75-63-53-44-36-28-20-5)92(13)76-64-54-45-37-29-21-6/h81,86,88-95H,16-80,82-85,87H2,1-15H3,(H,108,109)(H2,103,104,110). The second-order valence-corrected chi connectivity index (χ2v) is 37.4. The summed E-state index contributed by atoms with van der Waals surface area (Å²) in [5, 5.41) is 14.2. The number of carbonyl (C=O) groups is 2. The molecule has 0 aliphatic heterocycles. The van der Waals surface area contributed by atoms with Crippen molar-refractivity contribution in [1.29, 1.82) is 0 Å². The molecular formula is C102H198N4O5. The first kappa shape index (κ1) is 107. The van der Waals surface area contributed by atoms with E-state index in [1.165, 1.54) is 308 Å². The van der Waals surface area contributed by atoms with Gasteiger partial charge in [-0.15, -0.1) is 0 Å². The number of esters is 1. The number of aliphatic carboxylic acids is 1. The average molecular weight is 1560 g/mol. The topological polar surface area (TPSA) is 128 Å². The lowest BCUT2D eigenvalue weighted by molar-refractivity contribution is -0.278. The fourth-order valence-corrected chi connectivity index (χ4v) is 22.4. The van der Waals surface area contributed by atoms with Crippen molar-refractivity contribution in [2.24, 2.45) is 63.6 Å². The van der Waals surface area contributed by atoms with Crippen LogP contribution in [0.1, 0.15) is 521 Å². The van der Waals surface area contributed by atoms with E-state index >= 15 is 4.79 Å². The van der Waals surface area contributed by atoms with Crippen molar-refractivity contribution in [3.8, 4) is 0 Å². The van der Waals surface area contributed by atoms with Crippen LogP contribution in [0.3, 0.4) is 0 Å². The van der Waals surface area contributed by atoms with Gasteiger partial charge in [0.2, 0.25) is 0 Å². The maximum Gasteiger partial charge on any atom is 0.349 e. The number of hydrogen-bond donors (Lipinski definition) is 2. The molecule has 0 radical (unpaired) electrons. The zero-order valence-electron chi connectivity index (χ0n) is 77.8. The second kappa shape index (κ2) is 70.6. The van der Waals surface area contributed by atoms with Gasteiger partial charge >= 0.3 is 17.6 Å². The van der Waals surface area contributed by atoms with E-state index in [1.807, 2.05) is 6.20 Å². The van der Waals surface area contributed by atoms with Gasteiger partial charge in [-0.05, 0) is 135 Å².